The largest absolute Gasteiger partial charge is 0.390 e. The number of fused-ring (bicyclic) bond motifs is 1. The Kier molecular flexibility index (Phi) is 2.11. The molecule has 0 aromatic heterocycles. The Bertz CT molecular complexity index is 272. The summed E-state index contributed by atoms with van der Waals surface area (Å²) in [5, 5.41) is 11.2. The number of aliphatic hydroxyl groups excluding tert-OH is 1. The fraction of sp³-hybridized carbons (Fsp3) is 0.400. The van der Waals surface area contributed by atoms with E-state index in [1.165, 1.54) is 11.1 Å². The number of nitrogens with two attached hydrogens (primary N) is 1. The summed E-state index contributed by atoms with van der Waals surface area (Å²) in [6, 6.07) is 8.84. The van der Waals surface area contributed by atoms with Gasteiger partial charge in [-0.1, -0.05) is 24.3 Å². The molecule has 0 fully saturated rings. The number of hydrogen-bond donors (Lipinski definition) is 2. The zero-order chi connectivity index (χ0) is 8.39. The third-order valence-corrected chi connectivity index (χ3v) is 2.51. The Morgan fingerprint density at radius 3 is 2.83 bits per heavy atom. The lowest BCUT2D eigenvalue weighted by atomic mass is 9.96. The summed E-state index contributed by atoms with van der Waals surface area (Å²) in [5.41, 5.74) is 2.82. The molecule has 12 heavy (non-hydrogen) atoms. The molecule has 0 amide bonds. The molecule has 64 valence electrons. The van der Waals surface area contributed by atoms with E-state index in [1.54, 1.807) is 0 Å². The van der Waals surface area contributed by atoms with Crippen LogP contribution in [0, 0.1) is 0 Å². The van der Waals surface area contributed by atoms with Crippen LogP contribution in [0.2, 0.25) is 0 Å². The van der Waals surface area contributed by atoms with E-state index in [1.807, 2.05) is 0 Å². The Hall–Kier alpha value is -0.860. The van der Waals surface area contributed by atoms with Gasteiger partial charge in [-0.2, -0.15) is 0 Å². The molecule has 2 rings (SSSR count). The predicted octanol–water partition coefficient (Wildman–Crippen LogP) is -0.333. The second-order valence-corrected chi connectivity index (χ2v) is 3.36. The summed E-state index contributed by atoms with van der Waals surface area (Å²) in [6.07, 6.45) is 1.01. The molecule has 0 saturated carbocycles. The van der Waals surface area contributed by atoms with Crippen molar-refractivity contribution in [3.05, 3.63) is 35.4 Å². The summed E-state index contributed by atoms with van der Waals surface area (Å²) >= 11 is 0. The third-order valence-electron chi connectivity index (χ3n) is 2.51. The topological polar surface area (TPSA) is 36.8 Å². The number of aliphatic hydroxyl groups is 1. The van der Waals surface area contributed by atoms with E-state index in [4.69, 9.17) is 5.11 Å². The van der Waals surface area contributed by atoms with E-state index in [0.29, 0.717) is 6.04 Å². The maximum Gasteiger partial charge on any atom is 0.114 e. The molecule has 0 unspecified atom stereocenters. The molecule has 0 aliphatic carbocycles. The number of quaternary nitrogens is 1. The lowest BCUT2D eigenvalue weighted by molar-refractivity contribution is -0.709. The molecule has 2 nitrogen and oxygen atoms in total. The van der Waals surface area contributed by atoms with Gasteiger partial charge in [0.15, 0.2) is 0 Å². The van der Waals surface area contributed by atoms with Crippen LogP contribution >= 0.6 is 0 Å². The van der Waals surface area contributed by atoms with Crippen LogP contribution in [0.25, 0.3) is 0 Å². The molecule has 1 atom stereocenters. The van der Waals surface area contributed by atoms with Gasteiger partial charge < -0.3 is 10.4 Å². The van der Waals surface area contributed by atoms with Gasteiger partial charge in [-0.15, -0.1) is 0 Å². The Labute approximate surface area is 72.2 Å². The van der Waals surface area contributed by atoms with Crippen molar-refractivity contribution in [3.63, 3.8) is 0 Å². The molecular weight excluding hydrogens is 150 g/mol. The maximum atomic E-state index is 8.99. The van der Waals surface area contributed by atoms with Crippen LogP contribution in [0.1, 0.15) is 11.1 Å². The van der Waals surface area contributed by atoms with Gasteiger partial charge in [0.1, 0.15) is 12.6 Å². The first kappa shape index (κ1) is 7.77. The van der Waals surface area contributed by atoms with Crippen molar-refractivity contribution >= 4 is 0 Å². The molecule has 0 bridgehead atoms. The SMILES string of the molecule is OC[C@@H]1Cc2ccccc2C[NH2+]1. The second kappa shape index (κ2) is 3.25. The average Bonchev–Trinajstić information content (AvgIpc) is 2.17. The Morgan fingerprint density at radius 1 is 1.33 bits per heavy atom. The Balaban J connectivity index is 2.23. The lowest BCUT2D eigenvalue weighted by Gasteiger charge is -2.20. The predicted molar refractivity (Wildman–Crippen MR) is 46.6 cm³/mol. The van der Waals surface area contributed by atoms with Crippen LogP contribution in [-0.4, -0.2) is 17.8 Å². The molecule has 3 N–H and O–H groups in total. The lowest BCUT2D eigenvalue weighted by Crippen LogP contribution is -2.91. The van der Waals surface area contributed by atoms with E-state index >= 15 is 0 Å². The van der Waals surface area contributed by atoms with Crippen molar-refractivity contribution < 1.29 is 10.4 Å². The summed E-state index contributed by atoms with van der Waals surface area (Å²) < 4.78 is 0. The number of hydrogen-bond acceptors (Lipinski definition) is 1. The first-order chi connectivity index (χ1) is 5.90. The molecule has 1 aliphatic heterocycles. The highest BCUT2D eigenvalue weighted by Gasteiger charge is 2.19. The highest BCUT2D eigenvalue weighted by atomic mass is 16.3. The second-order valence-electron chi connectivity index (χ2n) is 3.36. The number of rotatable bonds is 1. The van der Waals surface area contributed by atoms with Crippen molar-refractivity contribution in [2.24, 2.45) is 0 Å². The molecule has 1 aliphatic rings. The van der Waals surface area contributed by atoms with Gasteiger partial charge >= 0.3 is 0 Å². The molecule has 2 heteroatoms. The van der Waals surface area contributed by atoms with E-state index in [9.17, 15) is 0 Å². The van der Waals surface area contributed by atoms with Crippen LogP contribution in [0.5, 0.6) is 0 Å². The van der Waals surface area contributed by atoms with Gasteiger partial charge in [0.2, 0.25) is 0 Å². The first-order valence-electron chi connectivity index (χ1n) is 4.41. The van der Waals surface area contributed by atoms with E-state index < -0.39 is 0 Å². The van der Waals surface area contributed by atoms with E-state index in [0.717, 1.165) is 13.0 Å². The Morgan fingerprint density at radius 2 is 2.08 bits per heavy atom. The van der Waals surface area contributed by atoms with E-state index in [2.05, 4.69) is 29.6 Å². The monoisotopic (exact) mass is 164 g/mol. The fourth-order valence-corrected chi connectivity index (χ4v) is 1.75. The zero-order valence-electron chi connectivity index (χ0n) is 7.03. The first-order valence-corrected chi connectivity index (χ1v) is 4.41. The molecule has 1 aromatic carbocycles. The summed E-state index contributed by atoms with van der Waals surface area (Å²) in [6.45, 7) is 1.30. The van der Waals surface area contributed by atoms with Crippen molar-refractivity contribution in [1.29, 1.82) is 0 Å². The van der Waals surface area contributed by atoms with Crippen LogP contribution < -0.4 is 5.32 Å². The molecule has 1 aromatic rings. The average molecular weight is 164 g/mol. The molecule has 0 spiro atoms. The molecular formula is C10H14NO+. The highest BCUT2D eigenvalue weighted by molar-refractivity contribution is 5.27. The van der Waals surface area contributed by atoms with Crippen molar-refractivity contribution in [2.45, 2.75) is 19.0 Å². The van der Waals surface area contributed by atoms with Crippen LogP contribution in [0.15, 0.2) is 24.3 Å². The van der Waals surface area contributed by atoms with Crippen LogP contribution in [0.3, 0.4) is 0 Å². The van der Waals surface area contributed by atoms with Gasteiger partial charge in [-0.25, -0.2) is 0 Å². The summed E-state index contributed by atoms with van der Waals surface area (Å²) in [5.74, 6) is 0. The van der Waals surface area contributed by atoms with Gasteiger partial charge in [-0.3, -0.25) is 0 Å². The maximum absolute atomic E-state index is 8.99. The highest BCUT2D eigenvalue weighted by Crippen LogP contribution is 2.11. The molecule has 0 saturated heterocycles. The van der Waals surface area contributed by atoms with Crippen molar-refractivity contribution in [1.82, 2.24) is 0 Å². The van der Waals surface area contributed by atoms with Crippen LogP contribution in [0.4, 0.5) is 0 Å². The standard InChI is InChI=1S/C10H13NO/c12-7-10-5-8-3-1-2-4-9(8)6-11-10/h1-4,10-12H,5-7H2/p+1/t10-/m0/s1. The number of benzene rings is 1. The van der Waals surface area contributed by atoms with Crippen LogP contribution in [-0.2, 0) is 13.0 Å². The zero-order valence-corrected chi connectivity index (χ0v) is 7.03. The van der Waals surface area contributed by atoms with Gasteiger partial charge in [0, 0.05) is 12.0 Å². The quantitative estimate of drug-likeness (QED) is 0.586. The summed E-state index contributed by atoms with van der Waals surface area (Å²) in [4.78, 5) is 0. The minimum absolute atomic E-state index is 0.286. The third kappa shape index (κ3) is 1.36. The molecule has 1 heterocycles. The van der Waals surface area contributed by atoms with Gasteiger partial charge in [0.05, 0.1) is 6.61 Å². The normalized spacial score (nSPS) is 21.9. The fourth-order valence-electron chi connectivity index (χ4n) is 1.75. The van der Waals surface area contributed by atoms with Gasteiger partial charge in [-0.05, 0) is 5.56 Å². The van der Waals surface area contributed by atoms with Crippen molar-refractivity contribution in [2.75, 3.05) is 6.61 Å². The van der Waals surface area contributed by atoms with E-state index in [-0.39, 0.29) is 6.61 Å². The van der Waals surface area contributed by atoms with Gasteiger partial charge in [0.25, 0.3) is 0 Å². The van der Waals surface area contributed by atoms with Crippen molar-refractivity contribution in [3.8, 4) is 0 Å². The smallest absolute Gasteiger partial charge is 0.114 e. The summed E-state index contributed by atoms with van der Waals surface area (Å²) in [7, 11) is 0. The minimum atomic E-state index is 0.286. The minimum Gasteiger partial charge on any atom is -0.390 e. The molecule has 0 radical (unpaired) electrons.